The fourth-order valence-electron chi connectivity index (χ4n) is 2.32. The van der Waals surface area contributed by atoms with Gasteiger partial charge in [-0.05, 0) is 51.0 Å². The molecule has 3 rings (SSSR count). The van der Waals surface area contributed by atoms with E-state index in [2.05, 4.69) is 26.5 Å². The first-order valence-electron chi connectivity index (χ1n) is 7.19. The van der Waals surface area contributed by atoms with Crippen molar-refractivity contribution >= 4 is 50.4 Å². The molecule has 0 heterocycles. The van der Waals surface area contributed by atoms with Crippen molar-refractivity contribution in [3.63, 3.8) is 0 Å². The van der Waals surface area contributed by atoms with Crippen LogP contribution >= 0.6 is 27.5 Å². The van der Waals surface area contributed by atoms with Gasteiger partial charge in [-0.25, -0.2) is 5.43 Å². The summed E-state index contributed by atoms with van der Waals surface area (Å²) in [5, 5.41) is 25.8. The Kier molecular flexibility index (Phi) is 4.92. The lowest BCUT2D eigenvalue weighted by molar-refractivity contribution is 0.0952. The van der Waals surface area contributed by atoms with Gasteiger partial charge in [-0.1, -0.05) is 35.9 Å². The number of halogens is 2. The van der Waals surface area contributed by atoms with Crippen LogP contribution in [0.1, 0.15) is 15.9 Å². The van der Waals surface area contributed by atoms with Gasteiger partial charge in [0, 0.05) is 10.6 Å². The zero-order valence-electron chi connectivity index (χ0n) is 12.7. The molecule has 3 N–H and O–H groups in total. The van der Waals surface area contributed by atoms with Crippen LogP contribution in [0.15, 0.2) is 58.1 Å². The maximum atomic E-state index is 12.2. The van der Waals surface area contributed by atoms with Crippen molar-refractivity contribution in [3.05, 3.63) is 69.2 Å². The summed E-state index contributed by atoms with van der Waals surface area (Å²) >= 11 is 9.08. The molecule has 0 saturated carbocycles. The quantitative estimate of drug-likeness (QED) is 0.434. The number of carbonyl (C=O) groups is 1. The molecule has 25 heavy (non-hydrogen) atoms. The molecule has 0 aliphatic rings. The summed E-state index contributed by atoms with van der Waals surface area (Å²) in [6, 6.07) is 13.5. The highest BCUT2D eigenvalue weighted by Crippen LogP contribution is 2.30. The number of hydrazone groups is 1. The lowest BCUT2D eigenvalue weighted by Gasteiger charge is -2.06. The number of benzene rings is 3. The molecule has 3 aromatic rings. The standard InChI is InChI=1S/C18H12BrClN2O3/c19-15-8-13(20)5-12(17(15)24)9-21-22-18(25)14-6-10-3-1-2-4-11(10)7-16(14)23/h1-9,23-24H,(H,22,25)/b21-9-. The number of nitrogens with zero attached hydrogens (tertiary/aromatic N) is 1. The molecule has 3 aromatic carbocycles. The normalized spacial score (nSPS) is 11.1. The Labute approximate surface area is 156 Å². The third-order valence-corrected chi connectivity index (χ3v) is 4.36. The minimum Gasteiger partial charge on any atom is -0.507 e. The third kappa shape index (κ3) is 3.75. The van der Waals surface area contributed by atoms with Crippen LogP contribution in [0.25, 0.3) is 10.8 Å². The maximum Gasteiger partial charge on any atom is 0.275 e. The summed E-state index contributed by atoms with van der Waals surface area (Å²) < 4.78 is 0.417. The number of nitrogens with one attached hydrogen (secondary N) is 1. The second-order valence-electron chi connectivity index (χ2n) is 5.24. The van der Waals surface area contributed by atoms with Gasteiger partial charge < -0.3 is 10.2 Å². The van der Waals surface area contributed by atoms with E-state index in [1.165, 1.54) is 18.3 Å². The van der Waals surface area contributed by atoms with Crippen LogP contribution in [0.2, 0.25) is 5.02 Å². The number of hydrogen-bond acceptors (Lipinski definition) is 4. The molecule has 7 heteroatoms. The third-order valence-electron chi connectivity index (χ3n) is 3.54. The Morgan fingerprint density at radius 1 is 1.12 bits per heavy atom. The molecular formula is C18H12BrClN2O3. The van der Waals surface area contributed by atoms with Crippen molar-refractivity contribution in [2.75, 3.05) is 0 Å². The minimum atomic E-state index is -0.569. The lowest BCUT2D eigenvalue weighted by atomic mass is 10.1. The van der Waals surface area contributed by atoms with Crippen LogP contribution in [0.4, 0.5) is 0 Å². The Bertz CT molecular complexity index is 1010. The highest BCUT2D eigenvalue weighted by molar-refractivity contribution is 9.10. The van der Waals surface area contributed by atoms with Gasteiger partial charge in [0.2, 0.25) is 0 Å². The van der Waals surface area contributed by atoms with Gasteiger partial charge in [0.15, 0.2) is 0 Å². The Balaban J connectivity index is 1.82. The van der Waals surface area contributed by atoms with Crippen molar-refractivity contribution < 1.29 is 15.0 Å². The van der Waals surface area contributed by atoms with Gasteiger partial charge in [0.25, 0.3) is 5.91 Å². The Morgan fingerprint density at radius 3 is 2.52 bits per heavy atom. The number of phenolic OH excluding ortho intramolecular Hbond substituents is 2. The molecule has 0 spiro atoms. The maximum absolute atomic E-state index is 12.2. The van der Waals surface area contributed by atoms with Crippen LogP contribution in [-0.4, -0.2) is 22.3 Å². The van der Waals surface area contributed by atoms with E-state index in [0.29, 0.717) is 15.1 Å². The molecule has 0 unspecified atom stereocenters. The highest BCUT2D eigenvalue weighted by Gasteiger charge is 2.12. The molecule has 0 saturated heterocycles. The fraction of sp³-hybridized carbons (Fsp3) is 0. The predicted octanol–water partition coefficient (Wildman–Crippen LogP) is 4.43. The molecule has 0 bridgehead atoms. The molecular weight excluding hydrogens is 408 g/mol. The second-order valence-corrected chi connectivity index (χ2v) is 6.53. The highest BCUT2D eigenvalue weighted by atomic mass is 79.9. The second kappa shape index (κ2) is 7.13. The van der Waals surface area contributed by atoms with E-state index >= 15 is 0 Å². The molecule has 126 valence electrons. The van der Waals surface area contributed by atoms with Gasteiger partial charge in [-0.15, -0.1) is 0 Å². The average Bonchev–Trinajstić information content (AvgIpc) is 2.58. The summed E-state index contributed by atoms with van der Waals surface area (Å²) in [7, 11) is 0. The van der Waals surface area contributed by atoms with Crippen LogP contribution in [0.5, 0.6) is 11.5 Å². The van der Waals surface area contributed by atoms with Crippen LogP contribution in [0, 0.1) is 0 Å². The van der Waals surface area contributed by atoms with E-state index in [-0.39, 0.29) is 17.1 Å². The first-order valence-corrected chi connectivity index (χ1v) is 8.36. The van der Waals surface area contributed by atoms with Crippen molar-refractivity contribution in [3.8, 4) is 11.5 Å². The smallest absolute Gasteiger partial charge is 0.275 e. The summed E-state index contributed by atoms with van der Waals surface area (Å²) in [5.41, 5.74) is 2.76. The molecule has 0 aromatic heterocycles. The van der Waals surface area contributed by atoms with E-state index in [9.17, 15) is 15.0 Å². The number of rotatable bonds is 3. The van der Waals surface area contributed by atoms with E-state index in [1.807, 2.05) is 24.3 Å². The summed E-state index contributed by atoms with van der Waals surface area (Å²) in [6.45, 7) is 0. The van der Waals surface area contributed by atoms with E-state index in [4.69, 9.17) is 11.6 Å². The SMILES string of the molecule is O=C(N/N=C\c1cc(Cl)cc(Br)c1O)c1cc2ccccc2cc1O. The largest absolute Gasteiger partial charge is 0.507 e. The number of fused-ring (bicyclic) bond motifs is 1. The Morgan fingerprint density at radius 2 is 1.80 bits per heavy atom. The van der Waals surface area contributed by atoms with Gasteiger partial charge in [0.1, 0.15) is 11.5 Å². The zero-order chi connectivity index (χ0) is 18.0. The van der Waals surface area contributed by atoms with Crippen LogP contribution in [0.3, 0.4) is 0 Å². The van der Waals surface area contributed by atoms with Crippen molar-refractivity contribution in [2.45, 2.75) is 0 Å². The number of carbonyl (C=O) groups excluding carboxylic acids is 1. The molecule has 1 amide bonds. The predicted molar refractivity (Wildman–Crippen MR) is 101 cm³/mol. The molecule has 0 radical (unpaired) electrons. The molecule has 0 aliphatic heterocycles. The van der Waals surface area contributed by atoms with Crippen LogP contribution in [-0.2, 0) is 0 Å². The van der Waals surface area contributed by atoms with Gasteiger partial charge >= 0.3 is 0 Å². The zero-order valence-corrected chi connectivity index (χ0v) is 15.0. The topological polar surface area (TPSA) is 81.9 Å². The molecule has 5 nitrogen and oxygen atoms in total. The van der Waals surface area contributed by atoms with E-state index < -0.39 is 5.91 Å². The average molecular weight is 420 g/mol. The summed E-state index contributed by atoms with van der Waals surface area (Å²) in [5.74, 6) is -0.754. The van der Waals surface area contributed by atoms with Crippen molar-refractivity contribution in [2.24, 2.45) is 5.10 Å². The van der Waals surface area contributed by atoms with Gasteiger partial charge in [-0.3, -0.25) is 4.79 Å². The summed E-state index contributed by atoms with van der Waals surface area (Å²) in [6.07, 6.45) is 1.27. The fourth-order valence-corrected chi connectivity index (χ4v) is 3.15. The lowest BCUT2D eigenvalue weighted by Crippen LogP contribution is -2.17. The van der Waals surface area contributed by atoms with Crippen LogP contribution < -0.4 is 5.43 Å². The first-order chi connectivity index (χ1) is 12.0. The number of phenols is 2. The van der Waals surface area contributed by atoms with Crippen molar-refractivity contribution in [1.29, 1.82) is 0 Å². The van der Waals surface area contributed by atoms with E-state index in [0.717, 1.165) is 10.8 Å². The number of hydrogen-bond donors (Lipinski definition) is 3. The van der Waals surface area contributed by atoms with Gasteiger partial charge in [-0.2, -0.15) is 5.10 Å². The Hall–Kier alpha value is -2.57. The minimum absolute atomic E-state index is 0.0454. The molecule has 0 atom stereocenters. The molecule has 0 aliphatic carbocycles. The number of aromatic hydroxyl groups is 2. The van der Waals surface area contributed by atoms with Gasteiger partial charge in [0.05, 0.1) is 16.3 Å². The first kappa shape index (κ1) is 17.3. The van der Waals surface area contributed by atoms with Crippen molar-refractivity contribution in [1.82, 2.24) is 5.43 Å². The number of amides is 1. The summed E-state index contributed by atoms with van der Waals surface area (Å²) in [4.78, 5) is 12.2. The molecule has 0 fully saturated rings. The van der Waals surface area contributed by atoms with E-state index in [1.54, 1.807) is 12.1 Å². The monoisotopic (exact) mass is 418 g/mol.